The monoisotopic (exact) mass is 206 g/mol. The molecule has 2 aromatic heterocycles. The first-order valence-corrected chi connectivity index (χ1v) is 4.95. The van der Waals surface area contributed by atoms with Crippen molar-refractivity contribution in [2.24, 2.45) is 5.73 Å². The van der Waals surface area contributed by atoms with Crippen LogP contribution in [0.2, 0.25) is 0 Å². The molecule has 0 unspecified atom stereocenters. The van der Waals surface area contributed by atoms with Gasteiger partial charge in [-0.15, -0.1) is 10.2 Å². The van der Waals surface area contributed by atoms with Gasteiger partial charge in [0.1, 0.15) is 11.6 Å². The second-order valence-corrected chi connectivity index (χ2v) is 3.29. The van der Waals surface area contributed by atoms with Gasteiger partial charge in [0.15, 0.2) is 11.6 Å². The third-order valence-electron chi connectivity index (χ3n) is 2.34. The number of hydrogen-bond acceptors (Lipinski definition) is 4. The second-order valence-electron chi connectivity index (χ2n) is 3.29. The molecule has 0 atom stereocenters. The van der Waals surface area contributed by atoms with Crippen LogP contribution in [-0.4, -0.2) is 14.8 Å². The number of aryl methyl sites for hydroxylation is 1. The summed E-state index contributed by atoms with van der Waals surface area (Å²) in [5, 5.41) is 8.10. The van der Waals surface area contributed by atoms with Crippen LogP contribution in [0, 0.1) is 6.92 Å². The smallest absolute Gasteiger partial charge is 0.199 e. The Morgan fingerprint density at radius 2 is 2.20 bits per heavy atom. The van der Waals surface area contributed by atoms with Crippen LogP contribution in [0.25, 0.3) is 11.6 Å². The minimum Gasteiger partial charge on any atom is -0.456 e. The Kier molecular flexibility index (Phi) is 2.55. The predicted molar refractivity (Wildman–Crippen MR) is 56.0 cm³/mol. The molecule has 0 bridgehead atoms. The number of furan rings is 1. The van der Waals surface area contributed by atoms with E-state index in [-0.39, 0.29) is 0 Å². The fourth-order valence-electron chi connectivity index (χ4n) is 1.55. The van der Waals surface area contributed by atoms with Crippen LogP contribution >= 0.6 is 0 Å². The molecule has 5 nitrogen and oxygen atoms in total. The highest BCUT2D eigenvalue weighted by atomic mass is 16.3. The van der Waals surface area contributed by atoms with E-state index in [1.54, 1.807) is 0 Å². The van der Waals surface area contributed by atoms with Gasteiger partial charge in [-0.25, -0.2) is 0 Å². The van der Waals surface area contributed by atoms with Crippen molar-refractivity contribution < 1.29 is 4.42 Å². The van der Waals surface area contributed by atoms with E-state index in [1.165, 1.54) is 0 Å². The van der Waals surface area contributed by atoms with Gasteiger partial charge in [-0.3, -0.25) is 0 Å². The van der Waals surface area contributed by atoms with Gasteiger partial charge in [0.2, 0.25) is 0 Å². The van der Waals surface area contributed by atoms with Crippen LogP contribution in [0.4, 0.5) is 0 Å². The fourth-order valence-corrected chi connectivity index (χ4v) is 1.55. The number of aromatic nitrogens is 3. The lowest BCUT2D eigenvalue weighted by Gasteiger charge is -2.01. The van der Waals surface area contributed by atoms with Crippen LogP contribution in [0.5, 0.6) is 0 Å². The van der Waals surface area contributed by atoms with E-state index in [0.29, 0.717) is 6.54 Å². The molecular formula is C10H14N4O. The van der Waals surface area contributed by atoms with Crippen molar-refractivity contribution in [1.29, 1.82) is 0 Å². The average molecular weight is 206 g/mol. The van der Waals surface area contributed by atoms with E-state index in [0.717, 1.165) is 29.7 Å². The van der Waals surface area contributed by atoms with E-state index in [9.17, 15) is 0 Å². The van der Waals surface area contributed by atoms with Crippen molar-refractivity contribution in [3.63, 3.8) is 0 Å². The molecule has 2 rings (SSSR count). The van der Waals surface area contributed by atoms with Crippen LogP contribution in [0.1, 0.15) is 18.5 Å². The molecular weight excluding hydrogens is 192 g/mol. The van der Waals surface area contributed by atoms with Crippen molar-refractivity contribution in [3.05, 3.63) is 23.7 Å². The number of nitrogens with two attached hydrogens (primary N) is 1. The number of nitrogens with zero attached hydrogens (tertiary/aromatic N) is 3. The molecule has 0 saturated carbocycles. The Balaban J connectivity index is 2.44. The third kappa shape index (κ3) is 1.66. The van der Waals surface area contributed by atoms with Gasteiger partial charge in [-0.05, 0) is 26.0 Å². The van der Waals surface area contributed by atoms with E-state index < -0.39 is 0 Å². The first kappa shape index (κ1) is 9.92. The molecule has 0 aliphatic carbocycles. The molecule has 2 heterocycles. The molecule has 0 aliphatic heterocycles. The van der Waals surface area contributed by atoms with E-state index in [1.807, 2.05) is 30.5 Å². The van der Waals surface area contributed by atoms with Crippen molar-refractivity contribution in [2.75, 3.05) is 0 Å². The molecule has 5 heteroatoms. The highest BCUT2D eigenvalue weighted by molar-refractivity contribution is 5.47. The molecule has 0 aromatic carbocycles. The molecule has 0 fully saturated rings. The van der Waals surface area contributed by atoms with E-state index in [2.05, 4.69) is 10.2 Å². The van der Waals surface area contributed by atoms with Crippen LogP contribution in [-0.2, 0) is 13.1 Å². The SMILES string of the molecule is CCn1c(C)nnc1-c1ccc(CN)o1. The normalized spacial score (nSPS) is 10.9. The van der Waals surface area contributed by atoms with Gasteiger partial charge in [0.25, 0.3) is 0 Å². The van der Waals surface area contributed by atoms with Gasteiger partial charge in [0.05, 0.1) is 6.54 Å². The van der Waals surface area contributed by atoms with Crippen LogP contribution in [0.3, 0.4) is 0 Å². The lowest BCUT2D eigenvalue weighted by molar-refractivity contribution is 0.517. The Bertz CT molecular complexity index is 458. The van der Waals surface area contributed by atoms with Gasteiger partial charge < -0.3 is 14.7 Å². The summed E-state index contributed by atoms with van der Waals surface area (Å²) >= 11 is 0. The summed E-state index contributed by atoms with van der Waals surface area (Å²) in [7, 11) is 0. The molecule has 2 N–H and O–H groups in total. The lowest BCUT2D eigenvalue weighted by atomic mass is 10.4. The van der Waals surface area contributed by atoms with Crippen molar-refractivity contribution >= 4 is 0 Å². The molecule has 0 spiro atoms. The number of rotatable bonds is 3. The number of hydrogen-bond donors (Lipinski definition) is 1. The van der Waals surface area contributed by atoms with Crippen LogP contribution < -0.4 is 5.73 Å². The second kappa shape index (κ2) is 3.86. The summed E-state index contributed by atoms with van der Waals surface area (Å²) in [6.07, 6.45) is 0. The fraction of sp³-hybridized carbons (Fsp3) is 0.400. The van der Waals surface area contributed by atoms with Crippen molar-refractivity contribution in [1.82, 2.24) is 14.8 Å². The zero-order valence-corrected chi connectivity index (χ0v) is 8.90. The van der Waals surface area contributed by atoms with Crippen molar-refractivity contribution in [3.8, 4) is 11.6 Å². The highest BCUT2D eigenvalue weighted by Gasteiger charge is 2.12. The largest absolute Gasteiger partial charge is 0.456 e. The molecule has 15 heavy (non-hydrogen) atoms. The zero-order chi connectivity index (χ0) is 10.8. The molecule has 80 valence electrons. The minimum atomic E-state index is 0.402. The Hall–Kier alpha value is -1.62. The summed E-state index contributed by atoms with van der Waals surface area (Å²) in [5.74, 6) is 3.12. The van der Waals surface area contributed by atoms with E-state index >= 15 is 0 Å². The van der Waals surface area contributed by atoms with Gasteiger partial charge in [-0.1, -0.05) is 0 Å². The summed E-state index contributed by atoms with van der Waals surface area (Å²) in [6, 6.07) is 3.73. The minimum absolute atomic E-state index is 0.402. The third-order valence-corrected chi connectivity index (χ3v) is 2.34. The zero-order valence-electron chi connectivity index (χ0n) is 8.90. The molecule has 0 amide bonds. The predicted octanol–water partition coefficient (Wildman–Crippen LogP) is 1.33. The first-order valence-electron chi connectivity index (χ1n) is 4.95. The average Bonchev–Trinajstić information content (AvgIpc) is 2.83. The maximum absolute atomic E-state index is 5.53. The quantitative estimate of drug-likeness (QED) is 0.822. The topological polar surface area (TPSA) is 69.9 Å². The Morgan fingerprint density at radius 1 is 1.40 bits per heavy atom. The molecule has 0 saturated heterocycles. The standard InChI is InChI=1S/C10H14N4O/c1-3-14-7(2)12-13-10(14)9-5-4-8(6-11)15-9/h4-5H,3,6,11H2,1-2H3. The summed E-state index contributed by atoms with van der Waals surface area (Å²) < 4.78 is 7.53. The van der Waals surface area contributed by atoms with Gasteiger partial charge in [-0.2, -0.15) is 0 Å². The first-order chi connectivity index (χ1) is 7.26. The maximum atomic E-state index is 5.53. The van der Waals surface area contributed by atoms with Gasteiger partial charge in [0, 0.05) is 6.54 Å². The summed E-state index contributed by atoms with van der Waals surface area (Å²) in [4.78, 5) is 0. The highest BCUT2D eigenvalue weighted by Crippen LogP contribution is 2.20. The summed E-state index contributed by atoms with van der Waals surface area (Å²) in [6.45, 7) is 5.20. The van der Waals surface area contributed by atoms with Crippen LogP contribution in [0.15, 0.2) is 16.5 Å². The molecule has 0 radical (unpaired) electrons. The Morgan fingerprint density at radius 3 is 2.80 bits per heavy atom. The lowest BCUT2D eigenvalue weighted by Crippen LogP contribution is -1.99. The molecule has 2 aromatic rings. The van der Waals surface area contributed by atoms with Crippen molar-refractivity contribution in [2.45, 2.75) is 26.9 Å². The van der Waals surface area contributed by atoms with Gasteiger partial charge >= 0.3 is 0 Å². The summed E-state index contributed by atoms with van der Waals surface area (Å²) in [5.41, 5.74) is 5.48. The maximum Gasteiger partial charge on any atom is 0.199 e. The Labute approximate surface area is 87.9 Å². The molecule has 0 aliphatic rings. The van der Waals surface area contributed by atoms with E-state index in [4.69, 9.17) is 10.2 Å².